The van der Waals surface area contributed by atoms with Crippen molar-refractivity contribution in [2.45, 2.75) is 6.92 Å². The Bertz CT molecular complexity index is 520. The molecule has 0 radical (unpaired) electrons. The minimum absolute atomic E-state index is 0.272. The largest absolute Gasteiger partial charge is 0.384 e. The lowest BCUT2D eigenvalue weighted by atomic mass is 10.1. The number of hydrogen-bond donors (Lipinski definition) is 2. The van der Waals surface area contributed by atoms with E-state index in [1.807, 2.05) is 6.92 Å². The lowest BCUT2D eigenvalue weighted by molar-refractivity contribution is 0.0956. The van der Waals surface area contributed by atoms with Crippen LogP contribution >= 0.6 is 0 Å². The van der Waals surface area contributed by atoms with Crippen LogP contribution in [0, 0.1) is 11.8 Å². The fraction of sp³-hybridized carbons (Fsp3) is 0.385. The fourth-order valence-corrected chi connectivity index (χ4v) is 1.96. The fourth-order valence-electron chi connectivity index (χ4n) is 1.34. The first-order valence-electron chi connectivity index (χ1n) is 5.86. The van der Waals surface area contributed by atoms with Gasteiger partial charge in [-0.15, -0.1) is 0 Å². The van der Waals surface area contributed by atoms with E-state index in [1.54, 1.807) is 6.07 Å². The van der Waals surface area contributed by atoms with E-state index in [0.717, 1.165) is 0 Å². The van der Waals surface area contributed by atoms with E-state index in [2.05, 4.69) is 22.1 Å². The molecule has 2 N–H and O–H groups in total. The monoisotopic (exact) mass is 280 g/mol. The molecule has 0 aliphatic carbocycles. The lowest BCUT2D eigenvalue weighted by Gasteiger charge is -2.06. The molecule has 1 amide bonds. The Kier molecular flexibility index (Phi) is 6.79. The van der Waals surface area contributed by atoms with Crippen molar-refractivity contribution in [3.05, 3.63) is 29.6 Å². The first-order chi connectivity index (χ1) is 9.19. The summed E-state index contributed by atoms with van der Waals surface area (Å²) in [6.45, 7) is 1.92. The Morgan fingerprint density at radius 2 is 2.37 bits per heavy atom. The van der Waals surface area contributed by atoms with Gasteiger partial charge >= 0.3 is 0 Å². The molecule has 1 aromatic heterocycles. The maximum Gasteiger partial charge on any atom is 0.252 e. The zero-order chi connectivity index (χ0) is 14.1. The van der Waals surface area contributed by atoms with Crippen LogP contribution in [-0.2, 0) is 10.8 Å². The number of aromatic nitrogens is 1. The van der Waals surface area contributed by atoms with E-state index in [9.17, 15) is 9.00 Å². The van der Waals surface area contributed by atoms with E-state index in [-0.39, 0.29) is 12.5 Å². The molecule has 1 aromatic rings. The molecule has 0 aliphatic heterocycles. The second kappa shape index (κ2) is 8.40. The van der Waals surface area contributed by atoms with Gasteiger partial charge in [0.2, 0.25) is 0 Å². The standard InChI is InChI=1S/C13H16N2O3S/c1-2-19(18)9-7-15-13(17)12-5-6-14-10-11(12)4-3-8-16/h5-6,10,16H,2,7-9H2,1H3,(H,15,17). The number of nitrogens with one attached hydrogen (secondary N) is 1. The summed E-state index contributed by atoms with van der Waals surface area (Å²) in [5, 5.41) is 11.3. The van der Waals surface area contributed by atoms with Crippen LogP contribution in [0.4, 0.5) is 0 Å². The van der Waals surface area contributed by atoms with Crippen molar-refractivity contribution in [3.63, 3.8) is 0 Å². The summed E-state index contributed by atoms with van der Waals surface area (Å²) in [4.78, 5) is 15.8. The Balaban J connectivity index is 2.69. The summed E-state index contributed by atoms with van der Waals surface area (Å²) in [7, 11) is -0.898. The smallest absolute Gasteiger partial charge is 0.252 e. The first-order valence-corrected chi connectivity index (χ1v) is 7.34. The highest BCUT2D eigenvalue weighted by molar-refractivity contribution is 7.84. The first kappa shape index (κ1) is 15.3. The Morgan fingerprint density at radius 3 is 3.05 bits per heavy atom. The predicted molar refractivity (Wildman–Crippen MR) is 74.1 cm³/mol. The topological polar surface area (TPSA) is 79.3 Å². The highest BCUT2D eigenvalue weighted by Gasteiger charge is 2.09. The normalized spacial score (nSPS) is 11.3. The van der Waals surface area contributed by atoms with E-state index < -0.39 is 10.8 Å². The molecule has 6 heteroatoms. The molecule has 0 aromatic carbocycles. The Morgan fingerprint density at radius 1 is 1.58 bits per heavy atom. The Labute approximate surface area is 114 Å². The third-order valence-corrected chi connectivity index (χ3v) is 3.61. The summed E-state index contributed by atoms with van der Waals surface area (Å²) in [5.41, 5.74) is 0.865. The number of aliphatic hydroxyl groups excluding tert-OH is 1. The van der Waals surface area contributed by atoms with Crippen LogP contribution in [0.25, 0.3) is 0 Å². The van der Waals surface area contributed by atoms with E-state index >= 15 is 0 Å². The molecular weight excluding hydrogens is 264 g/mol. The van der Waals surface area contributed by atoms with Crippen LogP contribution < -0.4 is 5.32 Å². The third kappa shape index (κ3) is 5.20. The number of carbonyl (C=O) groups excluding carboxylic acids is 1. The number of carbonyl (C=O) groups is 1. The van der Waals surface area contributed by atoms with Crippen LogP contribution in [0.15, 0.2) is 18.5 Å². The third-order valence-electron chi connectivity index (χ3n) is 2.31. The number of amides is 1. The zero-order valence-electron chi connectivity index (χ0n) is 10.7. The van der Waals surface area contributed by atoms with Gasteiger partial charge in [0.1, 0.15) is 6.61 Å². The molecule has 19 heavy (non-hydrogen) atoms. The minimum atomic E-state index is -0.898. The highest BCUT2D eigenvalue weighted by Crippen LogP contribution is 2.05. The number of hydrogen-bond acceptors (Lipinski definition) is 4. The van der Waals surface area contributed by atoms with Gasteiger partial charge in [0.15, 0.2) is 0 Å². The van der Waals surface area contributed by atoms with Crippen LogP contribution in [0.5, 0.6) is 0 Å². The van der Waals surface area contributed by atoms with Crippen molar-refractivity contribution >= 4 is 16.7 Å². The van der Waals surface area contributed by atoms with Crippen molar-refractivity contribution in [1.29, 1.82) is 0 Å². The van der Waals surface area contributed by atoms with Crippen LogP contribution in [0.3, 0.4) is 0 Å². The SMILES string of the molecule is CCS(=O)CCNC(=O)c1ccncc1C#CCO. The van der Waals surface area contributed by atoms with Crippen molar-refractivity contribution in [3.8, 4) is 11.8 Å². The molecule has 0 saturated carbocycles. The lowest BCUT2D eigenvalue weighted by Crippen LogP contribution is -2.28. The van der Waals surface area contributed by atoms with Crippen LogP contribution in [0.2, 0.25) is 0 Å². The van der Waals surface area contributed by atoms with Crippen LogP contribution in [0.1, 0.15) is 22.8 Å². The van der Waals surface area contributed by atoms with Crippen molar-refractivity contribution in [1.82, 2.24) is 10.3 Å². The molecule has 1 rings (SSSR count). The zero-order valence-corrected chi connectivity index (χ0v) is 11.5. The summed E-state index contributed by atoms with van der Waals surface area (Å²) in [6.07, 6.45) is 2.98. The summed E-state index contributed by atoms with van der Waals surface area (Å²) in [5.74, 6) is 5.89. The van der Waals surface area contributed by atoms with Gasteiger partial charge in [-0.05, 0) is 6.07 Å². The van der Waals surface area contributed by atoms with E-state index in [0.29, 0.717) is 29.2 Å². The van der Waals surface area contributed by atoms with Crippen molar-refractivity contribution in [2.24, 2.45) is 0 Å². The van der Waals surface area contributed by atoms with Gasteiger partial charge in [-0.2, -0.15) is 0 Å². The van der Waals surface area contributed by atoms with Gasteiger partial charge < -0.3 is 10.4 Å². The molecule has 1 atom stereocenters. The number of rotatable bonds is 5. The summed E-state index contributed by atoms with van der Waals surface area (Å²) < 4.78 is 11.2. The average Bonchev–Trinajstić information content (AvgIpc) is 2.45. The molecule has 1 unspecified atom stereocenters. The average molecular weight is 280 g/mol. The quantitative estimate of drug-likeness (QED) is 0.740. The van der Waals surface area contributed by atoms with Gasteiger partial charge in [-0.3, -0.25) is 14.0 Å². The number of aliphatic hydroxyl groups is 1. The maximum absolute atomic E-state index is 11.9. The van der Waals surface area contributed by atoms with E-state index in [1.165, 1.54) is 12.4 Å². The second-order valence-corrected chi connectivity index (χ2v) is 5.43. The molecular formula is C13H16N2O3S. The summed E-state index contributed by atoms with van der Waals surface area (Å²) >= 11 is 0. The summed E-state index contributed by atoms with van der Waals surface area (Å²) in [6, 6.07) is 1.56. The molecule has 1 heterocycles. The van der Waals surface area contributed by atoms with Gasteiger partial charge in [-0.1, -0.05) is 18.8 Å². The minimum Gasteiger partial charge on any atom is -0.384 e. The number of pyridine rings is 1. The van der Waals surface area contributed by atoms with Crippen molar-refractivity contribution in [2.75, 3.05) is 24.7 Å². The number of nitrogens with zero attached hydrogens (tertiary/aromatic N) is 1. The van der Waals surface area contributed by atoms with Gasteiger partial charge in [-0.25, -0.2) is 0 Å². The van der Waals surface area contributed by atoms with Gasteiger partial charge in [0, 0.05) is 41.2 Å². The predicted octanol–water partition coefficient (Wildman–Crippen LogP) is -0.0762. The highest BCUT2D eigenvalue weighted by atomic mass is 32.2. The maximum atomic E-state index is 11.9. The Hall–Kier alpha value is -1.71. The van der Waals surface area contributed by atoms with Crippen LogP contribution in [-0.4, -0.2) is 44.9 Å². The molecule has 0 aliphatic rings. The van der Waals surface area contributed by atoms with Gasteiger partial charge in [0.05, 0.1) is 11.1 Å². The molecule has 102 valence electrons. The molecule has 0 fully saturated rings. The second-order valence-electron chi connectivity index (χ2n) is 3.57. The van der Waals surface area contributed by atoms with E-state index in [4.69, 9.17) is 5.11 Å². The molecule has 0 saturated heterocycles. The van der Waals surface area contributed by atoms with Gasteiger partial charge in [0.25, 0.3) is 5.91 Å². The molecule has 0 spiro atoms. The van der Waals surface area contributed by atoms with Crippen molar-refractivity contribution < 1.29 is 14.1 Å². The molecule has 0 bridgehead atoms. The molecule has 5 nitrogen and oxygen atoms in total.